The Labute approximate surface area is 138 Å². The van der Waals surface area contributed by atoms with E-state index in [-0.39, 0.29) is 31.2 Å². The first kappa shape index (κ1) is 19.6. The van der Waals surface area contributed by atoms with E-state index in [2.05, 4.69) is 13.5 Å². The largest absolute Gasteiger partial charge is 0.480 e. The smallest absolute Gasteiger partial charge is 0.326 e. The van der Waals surface area contributed by atoms with Crippen LogP contribution in [0.4, 0.5) is 0 Å². The summed E-state index contributed by atoms with van der Waals surface area (Å²) in [5.41, 5.74) is 0. The number of hydrogen-bond donors (Lipinski definition) is 2. The molecule has 132 valence electrons. The number of aliphatic hydroxyl groups excluding tert-OH is 1. The fraction of sp³-hybridized carbons (Fsp3) is 0.765. The summed E-state index contributed by atoms with van der Waals surface area (Å²) in [5.74, 6) is -0.774. The van der Waals surface area contributed by atoms with E-state index in [0.29, 0.717) is 12.5 Å². The number of carbonyl (C=O) groups excluding carboxylic acids is 1. The Morgan fingerprint density at radius 1 is 1.48 bits per heavy atom. The lowest BCUT2D eigenvalue weighted by atomic mass is 9.90. The molecule has 6 nitrogen and oxygen atoms in total. The Hall–Kier alpha value is -1.40. The Kier molecular flexibility index (Phi) is 8.26. The topological polar surface area (TPSA) is 87.1 Å². The summed E-state index contributed by atoms with van der Waals surface area (Å²) in [6.45, 7) is 6.42. The number of allylic oxidation sites excluding steroid dienone is 1. The molecule has 23 heavy (non-hydrogen) atoms. The highest BCUT2D eigenvalue weighted by Gasteiger charge is 2.39. The van der Waals surface area contributed by atoms with Gasteiger partial charge in [0.1, 0.15) is 6.04 Å². The number of carboxylic acid groups (broad SMARTS) is 1. The van der Waals surface area contributed by atoms with Gasteiger partial charge in [-0.2, -0.15) is 0 Å². The number of aliphatic hydroxyl groups is 1. The Morgan fingerprint density at radius 3 is 2.74 bits per heavy atom. The molecule has 0 aromatic carbocycles. The van der Waals surface area contributed by atoms with Gasteiger partial charge in [0.25, 0.3) is 0 Å². The number of nitrogens with zero attached hydrogens (tertiary/aromatic N) is 1. The molecule has 2 N–H and O–H groups in total. The third kappa shape index (κ3) is 6.31. The van der Waals surface area contributed by atoms with Gasteiger partial charge in [-0.1, -0.05) is 13.0 Å². The van der Waals surface area contributed by atoms with Gasteiger partial charge in [0.2, 0.25) is 5.91 Å². The van der Waals surface area contributed by atoms with E-state index in [4.69, 9.17) is 4.74 Å². The molecule has 0 aliphatic carbocycles. The number of β-amino-alcohol motifs (C(OH)–C–C–N with tert-alkyl or cyclic N) is 1. The van der Waals surface area contributed by atoms with Gasteiger partial charge in [-0.15, -0.1) is 6.58 Å². The first-order valence-corrected chi connectivity index (χ1v) is 8.19. The molecule has 1 unspecified atom stereocenters. The maximum absolute atomic E-state index is 12.5. The molecule has 0 spiro atoms. The van der Waals surface area contributed by atoms with Crippen LogP contribution in [-0.4, -0.2) is 59.4 Å². The minimum atomic E-state index is -1.06. The summed E-state index contributed by atoms with van der Waals surface area (Å²) >= 11 is 0. The molecule has 0 aromatic heterocycles. The molecule has 0 bridgehead atoms. The standard InChI is InChI=1S/C17H29NO5/c1-4-5-6-12(2)7-13(11-23-3)8-16(20)18-10-14(19)9-15(18)17(21)22/h4,12-15,19H,1,5-11H2,2-3H3,(H,21,22)/t12?,13-,14-,15+/m1/s1. The Morgan fingerprint density at radius 2 is 2.17 bits per heavy atom. The molecule has 4 atom stereocenters. The molecule has 1 aliphatic heterocycles. The number of rotatable bonds is 10. The third-order valence-electron chi connectivity index (χ3n) is 4.35. The zero-order valence-corrected chi connectivity index (χ0v) is 14.1. The number of aliphatic carboxylic acids is 1. The molecule has 0 aromatic rings. The summed E-state index contributed by atoms with van der Waals surface area (Å²) in [5, 5.41) is 18.8. The average Bonchev–Trinajstić information content (AvgIpc) is 2.87. The van der Waals surface area contributed by atoms with Crippen molar-refractivity contribution in [3.8, 4) is 0 Å². The van der Waals surface area contributed by atoms with Crippen molar-refractivity contribution in [1.29, 1.82) is 0 Å². The molecule has 1 heterocycles. The molecule has 0 saturated carbocycles. The molecule has 0 radical (unpaired) electrons. The van der Waals surface area contributed by atoms with Crippen LogP contribution in [0.2, 0.25) is 0 Å². The molecule has 6 heteroatoms. The summed E-state index contributed by atoms with van der Waals surface area (Å²) in [4.78, 5) is 25.0. The number of hydrogen-bond acceptors (Lipinski definition) is 4. The predicted octanol–water partition coefficient (Wildman–Crippen LogP) is 1.68. The molecule has 1 amide bonds. The first-order valence-electron chi connectivity index (χ1n) is 8.19. The van der Waals surface area contributed by atoms with Crippen molar-refractivity contribution >= 4 is 11.9 Å². The minimum absolute atomic E-state index is 0.0551. The van der Waals surface area contributed by atoms with Gasteiger partial charge >= 0.3 is 5.97 Å². The van der Waals surface area contributed by atoms with Crippen LogP contribution in [0.25, 0.3) is 0 Å². The zero-order chi connectivity index (χ0) is 17.4. The van der Waals surface area contributed by atoms with E-state index in [9.17, 15) is 19.8 Å². The number of ether oxygens (including phenoxy) is 1. The van der Waals surface area contributed by atoms with Crippen LogP contribution >= 0.6 is 0 Å². The summed E-state index contributed by atoms with van der Waals surface area (Å²) in [6.07, 6.45) is 4.28. The number of methoxy groups -OCH3 is 1. The normalized spacial score (nSPS) is 23.5. The fourth-order valence-corrected chi connectivity index (χ4v) is 3.22. The van der Waals surface area contributed by atoms with Crippen LogP contribution in [0, 0.1) is 11.8 Å². The van der Waals surface area contributed by atoms with E-state index in [1.807, 2.05) is 6.08 Å². The lowest BCUT2D eigenvalue weighted by Crippen LogP contribution is -2.41. The number of likely N-dealkylation sites (tertiary alicyclic amines) is 1. The van der Waals surface area contributed by atoms with E-state index < -0.39 is 18.1 Å². The highest BCUT2D eigenvalue weighted by atomic mass is 16.5. The number of amides is 1. The second-order valence-electron chi connectivity index (χ2n) is 6.52. The SMILES string of the molecule is C=CCCC(C)C[C@@H](COC)CC(=O)N1C[C@H](O)C[C@H]1C(=O)O. The summed E-state index contributed by atoms with van der Waals surface area (Å²) in [7, 11) is 1.60. The minimum Gasteiger partial charge on any atom is -0.480 e. The molecule has 1 aliphatic rings. The van der Waals surface area contributed by atoms with Gasteiger partial charge in [-0.3, -0.25) is 4.79 Å². The van der Waals surface area contributed by atoms with E-state index in [1.165, 1.54) is 4.90 Å². The fourth-order valence-electron chi connectivity index (χ4n) is 3.22. The second kappa shape index (κ2) is 9.67. The van der Waals surface area contributed by atoms with Crippen LogP contribution in [0.15, 0.2) is 12.7 Å². The summed E-state index contributed by atoms with van der Waals surface area (Å²) < 4.78 is 5.21. The molecular weight excluding hydrogens is 298 g/mol. The second-order valence-corrected chi connectivity index (χ2v) is 6.52. The van der Waals surface area contributed by atoms with Gasteiger partial charge in [0.05, 0.1) is 6.10 Å². The lowest BCUT2D eigenvalue weighted by molar-refractivity contribution is -0.148. The van der Waals surface area contributed by atoms with Crippen molar-refractivity contribution in [2.75, 3.05) is 20.3 Å². The molecule has 1 rings (SSSR count). The predicted molar refractivity (Wildman–Crippen MR) is 87.0 cm³/mol. The van der Waals surface area contributed by atoms with E-state index in [1.54, 1.807) is 7.11 Å². The highest BCUT2D eigenvalue weighted by Crippen LogP contribution is 2.24. The maximum atomic E-state index is 12.5. The number of carboxylic acids is 1. The Balaban J connectivity index is 2.62. The maximum Gasteiger partial charge on any atom is 0.326 e. The number of carbonyl (C=O) groups is 2. The van der Waals surface area contributed by atoms with Gasteiger partial charge in [-0.05, 0) is 31.1 Å². The summed E-state index contributed by atoms with van der Waals surface area (Å²) in [6, 6.07) is -0.918. The lowest BCUT2D eigenvalue weighted by Gasteiger charge is -2.25. The van der Waals surface area contributed by atoms with Crippen LogP contribution < -0.4 is 0 Å². The van der Waals surface area contributed by atoms with Crippen LogP contribution in [0.1, 0.15) is 39.0 Å². The van der Waals surface area contributed by atoms with Gasteiger partial charge in [0.15, 0.2) is 0 Å². The average molecular weight is 327 g/mol. The van der Waals surface area contributed by atoms with Crippen LogP contribution in [0.3, 0.4) is 0 Å². The first-order chi connectivity index (χ1) is 10.9. The van der Waals surface area contributed by atoms with Crippen molar-refractivity contribution in [2.45, 2.75) is 51.2 Å². The highest BCUT2D eigenvalue weighted by molar-refractivity contribution is 5.84. The van der Waals surface area contributed by atoms with Crippen molar-refractivity contribution in [3.05, 3.63) is 12.7 Å². The van der Waals surface area contributed by atoms with Crippen molar-refractivity contribution in [1.82, 2.24) is 4.90 Å². The van der Waals surface area contributed by atoms with Crippen molar-refractivity contribution in [2.24, 2.45) is 11.8 Å². The van der Waals surface area contributed by atoms with Crippen LogP contribution in [0.5, 0.6) is 0 Å². The van der Waals surface area contributed by atoms with Crippen LogP contribution in [-0.2, 0) is 14.3 Å². The third-order valence-corrected chi connectivity index (χ3v) is 4.35. The zero-order valence-electron chi connectivity index (χ0n) is 14.1. The Bertz CT molecular complexity index is 412. The van der Waals surface area contributed by atoms with E-state index in [0.717, 1.165) is 19.3 Å². The monoisotopic (exact) mass is 327 g/mol. The van der Waals surface area contributed by atoms with E-state index >= 15 is 0 Å². The van der Waals surface area contributed by atoms with Crippen molar-refractivity contribution in [3.63, 3.8) is 0 Å². The van der Waals surface area contributed by atoms with Crippen molar-refractivity contribution < 1.29 is 24.5 Å². The van der Waals surface area contributed by atoms with Gasteiger partial charge < -0.3 is 19.8 Å². The van der Waals surface area contributed by atoms with Gasteiger partial charge in [-0.25, -0.2) is 4.79 Å². The molecular formula is C17H29NO5. The quantitative estimate of drug-likeness (QED) is 0.596. The molecule has 1 saturated heterocycles. The molecule has 1 fully saturated rings. The van der Waals surface area contributed by atoms with Gasteiger partial charge in [0, 0.05) is 33.1 Å².